The number of esters is 2. The van der Waals surface area contributed by atoms with Crippen LogP contribution in [0.3, 0.4) is 0 Å². The Hall–Kier alpha value is -3.08. The van der Waals surface area contributed by atoms with Crippen molar-refractivity contribution >= 4 is 25.5 Å². The molecule has 0 aliphatic rings. The summed E-state index contributed by atoms with van der Waals surface area (Å²) in [6, 6.07) is 0. The monoisotopic (exact) mass is 919 g/mol. The Kier molecular flexibility index (Phi) is 34.1. The van der Waals surface area contributed by atoms with Gasteiger partial charge in [-0.3, -0.25) is 23.4 Å². The predicted molar refractivity (Wildman–Crippen MR) is 260 cm³/mol. The van der Waals surface area contributed by atoms with Gasteiger partial charge in [0.1, 0.15) is 31.3 Å². The third-order valence-corrected chi connectivity index (χ3v) is 12.0. The number of likely N-dealkylation sites (N-methyl/N-ethyl adjacent to an activating group) is 1. The number of carbonyl (C=O) groups is 3. The molecule has 366 valence electrons. The van der Waals surface area contributed by atoms with Crippen molar-refractivity contribution < 1.29 is 51.3 Å². The van der Waals surface area contributed by atoms with E-state index in [1.807, 2.05) is 33.3 Å². The maximum absolute atomic E-state index is 12.8. The lowest BCUT2D eigenvalue weighted by molar-refractivity contribution is -0.870. The first kappa shape index (κ1) is 58.9. The Balaban J connectivity index is 2.38. The molecule has 0 amide bonds. The molecule has 1 N–H and O–H groups in total. The van der Waals surface area contributed by atoms with E-state index in [4.69, 9.17) is 22.9 Å². The topological polar surface area (TPSA) is 139 Å². The van der Waals surface area contributed by atoms with Gasteiger partial charge in [-0.25, -0.2) is 4.57 Å². The van der Waals surface area contributed by atoms with Gasteiger partial charge in [0.05, 0.1) is 27.7 Å². The van der Waals surface area contributed by atoms with Crippen LogP contribution in [0.4, 0.5) is 0 Å². The molecule has 0 saturated heterocycles. The summed E-state index contributed by atoms with van der Waals surface area (Å²) in [5.41, 5.74) is 2.67. The number of hydrogen-bond donors (Lipinski definition) is 1. The Morgan fingerprint density at radius 1 is 0.641 bits per heavy atom. The lowest BCUT2D eigenvalue weighted by Gasteiger charge is -2.24. The predicted octanol–water partition coefficient (Wildman–Crippen LogP) is 13.1. The van der Waals surface area contributed by atoms with Crippen LogP contribution in [0.5, 0.6) is 0 Å². The molecule has 64 heavy (non-hydrogen) atoms. The lowest BCUT2D eigenvalue weighted by atomic mass is 10.0. The van der Waals surface area contributed by atoms with E-state index in [0.717, 1.165) is 57.8 Å². The lowest BCUT2D eigenvalue weighted by Crippen LogP contribution is -2.37. The van der Waals surface area contributed by atoms with Crippen LogP contribution in [0.2, 0.25) is 0 Å². The highest BCUT2D eigenvalue weighted by Gasteiger charge is 2.27. The van der Waals surface area contributed by atoms with E-state index in [9.17, 15) is 23.8 Å². The van der Waals surface area contributed by atoms with Crippen LogP contribution >= 0.6 is 7.82 Å². The normalized spacial score (nSPS) is 13.8. The fourth-order valence-electron chi connectivity index (χ4n) is 6.85. The third-order valence-electron chi connectivity index (χ3n) is 11.0. The summed E-state index contributed by atoms with van der Waals surface area (Å²) in [5, 5.41) is 0. The van der Waals surface area contributed by atoms with E-state index in [0.29, 0.717) is 23.9 Å². The summed E-state index contributed by atoms with van der Waals surface area (Å²) in [7, 11) is 1.33. The first-order valence-corrected chi connectivity index (χ1v) is 26.2. The second-order valence-corrected chi connectivity index (χ2v) is 19.6. The minimum absolute atomic E-state index is 0.00725. The molecule has 1 unspecified atom stereocenters. The smallest absolute Gasteiger partial charge is 0.466 e. The maximum atomic E-state index is 12.8. The second-order valence-electron chi connectivity index (χ2n) is 18.1. The van der Waals surface area contributed by atoms with Crippen molar-refractivity contribution in [1.29, 1.82) is 0 Å². The number of quaternary nitrogens is 1. The van der Waals surface area contributed by atoms with Crippen molar-refractivity contribution in [1.82, 2.24) is 0 Å². The Morgan fingerprint density at radius 3 is 1.81 bits per heavy atom. The SMILES string of the molecule is CCCCC/C=C\C/C=C\C/C=C\C=C\C(=O)CCCC(=O)OC[C@H](COP(=O)(O)OCC[N+](C)(C)C)OC(=O)CCCCCCCCCCCCc1oc(CCCCC)c(C)c1C. The number of ketones is 1. The number of ether oxygens (including phenoxy) is 2. The van der Waals surface area contributed by atoms with Crippen molar-refractivity contribution in [2.45, 2.75) is 194 Å². The Labute approximate surface area is 388 Å². The molecule has 12 heteroatoms. The zero-order chi connectivity index (χ0) is 47.3. The van der Waals surface area contributed by atoms with Gasteiger partial charge >= 0.3 is 19.8 Å². The molecule has 1 heterocycles. The van der Waals surface area contributed by atoms with Crippen molar-refractivity contribution in [3.63, 3.8) is 0 Å². The summed E-state index contributed by atoms with van der Waals surface area (Å²) in [5.74, 6) is 1.18. The minimum atomic E-state index is -4.45. The molecule has 0 spiro atoms. The second kappa shape index (κ2) is 37.1. The van der Waals surface area contributed by atoms with Gasteiger partial charge in [-0.15, -0.1) is 0 Å². The highest BCUT2D eigenvalue weighted by Crippen LogP contribution is 2.43. The Bertz CT molecular complexity index is 1570. The summed E-state index contributed by atoms with van der Waals surface area (Å²) in [6.07, 6.45) is 38.4. The summed E-state index contributed by atoms with van der Waals surface area (Å²) in [4.78, 5) is 47.8. The molecule has 0 aromatic carbocycles. The summed E-state index contributed by atoms with van der Waals surface area (Å²) in [6.45, 7) is 8.45. The number of nitrogens with zero attached hydrogens (tertiary/aromatic N) is 1. The van der Waals surface area contributed by atoms with E-state index >= 15 is 0 Å². The number of phosphoric acid groups is 1. The zero-order valence-corrected chi connectivity index (χ0v) is 42.1. The highest BCUT2D eigenvalue weighted by molar-refractivity contribution is 7.47. The van der Waals surface area contributed by atoms with Crippen molar-refractivity contribution in [3.05, 3.63) is 71.3 Å². The van der Waals surface area contributed by atoms with Crippen LogP contribution in [0.25, 0.3) is 0 Å². The molecule has 0 fully saturated rings. The molecule has 1 aromatic heterocycles. The van der Waals surface area contributed by atoms with E-state index in [1.54, 1.807) is 6.08 Å². The Morgan fingerprint density at radius 2 is 1.19 bits per heavy atom. The van der Waals surface area contributed by atoms with Crippen molar-refractivity contribution in [3.8, 4) is 0 Å². The number of unbranched alkanes of at least 4 members (excludes halogenated alkanes) is 14. The van der Waals surface area contributed by atoms with Gasteiger partial charge in [-0.2, -0.15) is 0 Å². The molecular weight excluding hydrogens is 830 g/mol. The third kappa shape index (κ3) is 33.4. The molecule has 0 bridgehead atoms. The van der Waals surface area contributed by atoms with Crippen molar-refractivity contribution in [2.75, 3.05) is 47.5 Å². The number of phosphoric ester groups is 1. The van der Waals surface area contributed by atoms with Gasteiger partial charge in [-0.05, 0) is 82.4 Å². The number of rotatable bonds is 41. The largest absolute Gasteiger partial charge is 0.472 e. The number of allylic oxidation sites excluding steroid dienone is 8. The molecule has 2 atom stereocenters. The summed E-state index contributed by atoms with van der Waals surface area (Å²) >= 11 is 0. The van der Waals surface area contributed by atoms with Crippen LogP contribution in [-0.2, 0) is 50.3 Å². The fraction of sp³-hybridized carbons (Fsp3) is 0.712. The highest BCUT2D eigenvalue weighted by atomic mass is 31.2. The molecule has 1 rings (SSSR count). The maximum Gasteiger partial charge on any atom is 0.472 e. The quantitative estimate of drug-likeness (QED) is 0.0128. The van der Waals surface area contributed by atoms with Gasteiger partial charge in [0, 0.05) is 32.1 Å². The first-order chi connectivity index (χ1) is 30.7. The average molecular weight is 919 g/mol. The zero-order valence-electron chi connectivity index (χ0n) is 41.2. The van der Waals surface area contributed by atoms with Crippen LogP contribution in [-0.4, -0.2) is 80.7 Å². The van der Waals surface area contributed by atoms with Gasteiger partial charge in [-0.1, -0.05) is 133 Å². The number of hydrogen-bond acceptors (Lipinski definition) is 9. The molecule has 0 saturated carbocycles. The van der Waals surface area contributed by atoms with Crippen LogP contribution < -0.4 is 0 Å². The van der Waals surface area contributed by atoms with Crippen molar-refractivity contribution in [2.24, 2.45) is 0 Å². The van der Waals surface area contributed by atoms with E-state index in [2.05, 4.69) is 52.0 Å². The van der Waals surface area contributed by atoms with E-state index < -0.39 is 32.5 Å². The van der Waals surface area contributed by atoms with Gasteiger partial charge in [0.15, 0.2) is 11.9 Å². The van der Waals surface area contributed by atoms with E-state index in [-0.39, 0.29) is 38.3 Å². The molecule has 0 aliphatic carbocycles. The molecular formula is C52H89NO10P+. The average Bonchev–Trinajstić information content (AvgIpc) is 3.51. The van der Waals surface area contributed by atoms with Gasteiger partial charge < -0.3 is 23.3 Å². The van der Waals surface area contributed by atoms with Crippen LogP contribution in [0, 0.1) is 13.8 Å². The molecule has 0 aliphatic heterocycles. The van der Waals surface area contributed by atoms with Gasteiger partial charge in [0.25, 0.3) is 0 Å². The number of aryl methyl sites for hydroxylation is 2. The van der Waals surface area contributed by atoms with Crippen LogP contribution in [0.1, 0.15) is 184 Å². The standard InChI is InChI=1S/C52H88NO10P/c1-8-10-12-13-14-15-16-17-18-21-24-27-31-35-47(54)36-34-40-51(55)59-43-48(44-61-64(57,58)60-42-41-53(5,6)7)62-52(56)39-33-29-26-23-20-19-22-25-28-32-38-50-46(4)45(3)49(63-50)37-30-11-9-2/h14-15,17-18,24,27,31,35,48H,8-13,16,19-23,25-26,28-30,32-34,36-44H2,1-7H3/p+1/b15-14-,18-17-,27-24-,35-31+/t48-/m1/s1. The van der Waals surface area contributed by atoms with E-state index in [1.165, 1.54) is 99.4 Å². The fourth-order valence-corrected chi connectivity index (χ4v) is 7.59. The molecule has 11 nitrogen and oxygen atoms in total. The molecule has 0 radical (unpaired) electrons. The number of furan rings is 1. The molecule has 1 aromatic rings. The first-order valence-electron chi connectivity index (χ1n) is 24.7. The van der Waals surface area contributed by atoms with Gasteiger partial charge in [0.2, 0.25) is 0 Å². The minimum Gasteiger partial charge on any atom is -0.466 e. The number of carbonyl (C=O) groups excluding carboxylic acids is 3. The summed E-state index contributed by atoms with van der Waals surface area (Å²) < 4.78 is 40.5. The van der Waals surface area contributed by atoms with Crippen LogP contribution in [0.15, 0.2) is 53.0 Å².